The van der Waals surface area contributed by atoms with Gasteiger partial charge in [-0.15, -0.1) is 0 Å². The fraction of sp³-hybridized carbons (Fsp3) is 0.462. The number of benzene rings is 1. The van der Waals surface area contributed by atoms with Crippen molar-refractivity contribution in [2.45, 2.75) is 26.0 Å². The Labute approximate surface area is 112 Å². The van der Waals surface area contributed by atoms with Crippen LogP contribution in [-0.4, -0.2) is 36.9 Å². The zero-order valence-electron chi connectivity index (χ0n) is 10.8. The molecular weight excluding hydrogens is 254 g/mol. The van der Waals surface area contributed by atoms with Crippen molar-refractivity contribution < 1.29 is 14.6 Å². The van der Waals surface area contributed by atoms with Crippen molar-refractivity contribution in [3.05, 3.63) is 29.3 Å². The van der Waals surface area contributed by atoms with E-state index in [1.54, 1.807) is 30.2 Å². The number of rotatable bonds is 6. The fourth-order valence-electron chi connectivity index (χ4n) is 1.72. The second-order valence-electron chi connectivity index (χ2n) is 4.18. The first-order valence-corrected chi connectivity index (χ1v) is 6.10. The van der Waals surface area contributed by atoms with Crippen LogP contribution in [0.2, 0.25) is 5.02 Å². The van der Waals surface area contributed by atoms with Crippen LogP contribution in [0, 0.1) is 0 Å². The summed E-state index contributed by atoms with van der Waals surface area (Å²) in [6.45, 7) is 3.75. The van der Waals surface area contributed by atoms with Crippen LogP contribution in [0.15, 0.2) is 24.3 Å². The number of carboxylic acid groups (broad SMARTS) is 1. The van der Waals surface area contributed by atoms with Gasteiger partial charge in [-0.05, 0) is 32.0 Å². The van der Waals surface area contributed by atoms with Crippen molar-refractivity contribution in [1.82, 2.24) is 0 Å². The van der Waals surface area contributed by atoms with Gasteiger partial charge in [0.05, 0.1) is 12.1 Å². The Morgan fingerprint density at radius 3 is 2.67 bits per heavy atom. The third kappa shape index (κ3) is 3.89. The molecule has 0 bridgehead atoms. The normalized spacial score (nSPS) is 14.0. The molecule has 1 aromatic rings. The summed E-state index contributed by atoms with van der Waals surface area (Å²) in [5.41, 5.74) is 0.779. The zero-order valence-corrected chi connectivity index (χ0v) is 11.5. The van der Waals surface area contributed by atoms with Gasteiger partial charge in [0.2, 0.25) is 0 Å². The van der Waals surface area contributed by atoms with E-state index in [-0.39, 0.29) is 18.7 Å². The van der Waals surface area contributed by atoms with Crippen LogP contribution in [0.3, 0.4) is 0 Å². The summed E-state index contributed by atoms with van der Waals surface area (Å²) >= 11 is 5.94. The highest BCUT2D eigenvalue weighted by Gasteiger charge is 2.22. The summed E-state index contributed by atoms with van der Waals surface area (Å²) in [6.07, 6.45) is -0.0802. The molecule has 0 radical (unpaired) electrons. The van der Waals surface area contributed by atoms with Crippen LogP contribution >= 0.6 is 11.6 Å². The highest BCUT2D eigenvalue weighted by molar-refractivity contribution is 6.30. The first-order chi connectivity index (χ1) is 8.45. The van der Waals surface area contributed by atoms with Crippen molar-refractivity contribution in [3.63, 3.8) is 0 Å². The molecule has 0 saturated heterocycles. The largest absolute Gasteiger partial charge is 0.480 e. The van der Waals surface area contributed by atoms with E-state index in [1.165, 1.54) is 0 Å². The second-order valence-corrected chi connectivity index (χ2v) is 4.62. The van der Waals surface area contributed by atoms with E-state index in [2.05, 4.69) is 0 Å². The van der Waals surface area contributed by atoms with Gasteiger partial charge in [-0.25, -0.2) is 0 Å². The Kier molecular flexibility index (Phi) is 5.44. The highest BCUT2D eigenvalue weighted by atomic mass is 35.5. The smallest absolute Gasteiger partial charge is 0.323 e. The molecule has 0 saturated carbocycles. The summed E-state index contributed by atoms with van der Waals surface area (Å²) in [7, 11) is 1.61. The van der Waals surface area contributed by atoms with Gasteiger partial charge >= 0.3 is 5.97 Å². The molecule has 0 heterocycles. The minimum atomic E-state index is -0.884. The predicted molar refractivity (Wildman–Crippen MR) is 72.4 cm³/mol. The summed E-state index contributed by atoms with van der Waals surface area (Å²) in [5.74, 6) is -0.884. The van der Waals surface area contributed by atoms with E-state index in [1.807, 2.05) is 19.9 Å². The lowest BCUT2D eigenvalue weighted by molar-refractivity contribution is -0.135. The number of anilines is 1. The average molecular weight is 272 g/mol. The molecule has 0 amide bonds. The second kappa shape index (κ2) is 6.61. The third-order valence-electron chi connectivity index (χ3n) is 2.99. The van der Waals surface area contributed by atoms with Crippen molar-refractivity contribution in [2.24, 2.45) is 0 Å². The summed E-state index contributed by atoms with van der Waals surface area (Å²) in [6, 6.07) is 7.09. The third-order valence-corrected chi connectivity index (χ3v) is 3.22. The van der Waals surface area contributed by atoms with E-state index < -0.39 is 5.97 Å². The van der Waals surface area contributed by atoms with Crippen molar-refractivity contribution in [3.8, 4) is 0 Å². The lowest BCUT2D eigenvalue weighted by Crippen LogP contribution is -2.44. The lowest BCUT2D eigenvalue weighted by Gasteiger charge is -2.33. The van der Waals surface area contributed by atoms with Crippen LogP contribution in [0.1, 0.15) is 13.8 Å². The molecule has 5 heteroatoms. The molecule has 1 aromatic carbocycles. The quantitative estimate of drug-likeness (QED) is 0.864. The maximum Gasteiger partial charge on any atom is 0.323 e. The first-order valence-electron chi connectivity index (χ1n) is 5.72. The fourth-order valence-corrected chi connectivity index (χ4v) is 1.91. The monoisotopic (exact) mass is 271 g/mol. The maximum atomic E-state index is 11.0. The van der Waals surface area contributed by atoms with Gasteiger partial charge in [-0.3, -0.25) is 4.79 Å². The Balaban J connectivity index is 3.01. The van der Waals surface area contributed by atoms with Gasteiger partial charge in [0.1, 0.15) is 6.54 Å². The van der Waals surface area contributed by atoms with Crippen molar-refractivity contribution in [2.75, 3.05) is 18.6 Å². The number of ether oxygens (including phenoxy) is 1. The van der Waals surface area contributed by atoms with Gasteiger partial charge in [0.25, 0.3) is 0 Å². The molecule has 0 aromatic heterocycles. The molecule has 4 nitrogen and oxygen atoms in total. The Bertz CT molecular complexity index is 411. The first kappa shape index (κ1) is 14.8. The number of nitrogens with zero attached hydrogens (tertiary/aromatic N) is 1. The molecule has 100 valence electrons. The number of halogens is 1. The van der Waals surface area contributed by atoms with E-state index >= 15 is 0 Å². The number of carbonyl (C=O) groups is 1. The van der Waals surface area contributed by atoms with Crippen molar-refractivity contribution >= 4 is 23.3 Å². The Morgan fingerprint density at radius 1 is 1.50 bits per heavy atom. The molecule has 1 rings (SSSR count). The topological polar surface area (TPSA) is 49.8 Å². The number of hydrogen-bond donors (Lipinski definition) is 1. The van der Waals surface area contributed by atoms with Crippen LogP contribution in [0.5, 0.6) is 0 Å². The van der Waals surface area contributed by atoms with Crippen LogP contribution in [-0.2, 0) is 9.53 Å². The van der Waals surface area contributed by atoms with Gasteiger partial charge in [-0.1, -0.05) is 17.7 Å². The summed E-state index contributed by atoms with van der Waals surface area (Å²) in [4.78, 5) is 12.7. The van der Waals surface area contributed by atoms with E-state index in [4.69, 9.17) is 21.4 Å². The standard InChI is InChI=1S/C13H18ClNO3/c1-9(10(2)18-3)15(8-13(16)17)12-6-4-5-11(14)7-12/h4-7,9-10H,8H2,1-3H3,(H,16,17). The van der Waals surface area contributed by atoms with Crippen LogP contribution in [0.4, 0.5) is 5.69 Å². The van der Waals surface area contributed by atoms with Gasteiger partial charge in [-0.2, -0.15) is 0 Å². The Hall–Kier alpha value is -1.26. The van der Waals surface area contributed by atoms with E-state index in [9.17, 15) is 4.79 Å². The average Bonchev–Trinajstić information content (AvgIpc) is 2.34. The summed E-state index contributed by atoms with van der Waals surface area (Å²) in [5, 5.41) is 9.59. The molecule has 18 heavy (non-hydrogen) atoms. The summed E-state index contributed by atoms with van der Waals surface area (Å²) < 4.78 is 5.26. The molecule has 0 aliphatic heterocycles. The number of hydrogen-bond acceptors (Lipinski definition) is 3. The molecule has 2 unspecified atom stereocenters. The maximum absolute atomic E-state index is 11.0. The van der Waals surface area contributed by atoms with E-state index in [0.29, 0.717) is 5.02 Å². The molecule has 0 fully saturated rings. The van der Waals surface area contributed by atoms with Crippen LogP contribution < -0.4 is 4.90 Å². The highest BCUT2D eigenvalue weighted by Crippen LogP contribution is 2.22. The molecule has 0 aliphatic carbocycles. The Morgan fingerprint density at radius 2 is 2.17 bits per heavy atom. The van der Waals surface area contributed by atoms with Gasteiger partial charge < -0.3 is 14.7 Å². The van der Waals surface area contributed by atoms with Crippen LogP contribution in [0.25, 0.3) is 0 Å². The number of carboxylic acids is 1. The zero-order chi connectivity index (χ0) is 13.7. The minimum absolute atomic E-state index is 0.0652. The minimum Gasteiger partial charge on any atom is -0.480 e. The van der Waals surface area contributed by atoms with Gasteiger partial charge in [0.15, 0.2) is 0 Å². The number of aliphatic carboxylic acids is 1. The molecule has 1 N–H and O–H groups in total. The SMILES string of the molecule is COC(C)C(C)N(CC(=O)O)c1cccc(Cl)c1. The molecular formula is C13H18ClNO3. The molecule has 0 aliphatic rings. The number of methoxy groups -OCH3 is 1. The molecule has 0 spiro atoms. The lowest BCUT2D eigenvalue weighted by atomic mass is 10.1. The molecule has 2 atom stereocenters. The van der Waals surface area contributed by atoms with Crippen molar-refractivity contribution in [1.29, 1.82) is 0 Å². The van der Waals surface area contributed by atoms with Gasteiger partial charge in [0, 0.05) is 17.8 Å². The van der Waals surface area contributed by atoms with E-state index in [0.717, 1.165) is 5.69 Å². The predicted octanol–water partition coefficient (Wildman–Crippen LogP) is 2.65.